The van der Waals surface area contributed by atoms with Gasteiger partial charge >= 0.3 is 0 Å². The van der Waals surface area contributed by atoms with Crippen molar-refractivity contribution >= 4 is 29.2 Å². The molecule has 18 heavy (non-hydrogen) atoms. The van der Waals surface area contributed by atoms with Crippen LogP contribution < -0.4 is 5.30 Å². The fourth-order valence-corrected chi connectivity index (χ4v) is 6.81. The Morgan fingerprint density at radius 2 is 1.28 bits per heavy atom. The van der Waals surface area contributed by atoms with E-state index in [1.54, 1.807) is 0 Å². The molecule has 0 N–H and O–H groups in total. The molecule has 0 aliphatic rings. The number of benzene rings is 1. The van der Waals surface area contributed by atoms with Gasteiger partial charge in [0.1, 0.15) is 0 Å². The number of rotatable bonds is 5. The van der Waals surface area contributed by atoms with Gasteiger partial charge in [0.25, 0.3) is 0 Å². The number of halogens is 1. The molecule has 0 heterocycles. The van der Waals surface area contributed by atoms with E-state index in [1.165, 1.54) is 22.6 Å². The minimum Gasteiger partial charge on any atom is -0.0645 e. The van der Waals surface area contributed by atoms with E-state index < -0.39 is 0 Å². The maximum Gasteiger partial charge on any atom is 0.0175 e. The Bertz CT molecular complexity index is 363. The molecule has 1 rings (SSSR count). The van der Waals surface area contributed by atoms with Gasteiger partial charge < -0.3 is 0 Å². The molecule has 0 nitrogen and oxygen atoms in total. The lowest BCUT2D eigenvalue weighted by Gasteiger charge is -2.45. The zero-order valence-electron chi connectivity index (χ0n) is 12.5. The van der Waals surface area contributed by atoms with E-state index in [1.807, 2.05) is 0 Å². The molecule has 1 aromatic rings. The lowest BCUT2D eigenvalue weighted by molar-refractivity contribution is 0.610. The molecule has 102 valence electrons. The fraction of sp³-hybridized carbons (Fsp3) is 0.625. The summed E-state index contributed by atoms with van der Waals surface area (Å²) in [6.07, 6.45) is 2.47. The van der Waals surface area contributed by atoms with Crippen LogP contribution in [0.25, 0.3) is 0 Å². The monoisotopic (exact) mass is 328 g/mol. The van der Waals surface area contributed by atoms with Gasteiger partial charge in [-0.1, -0.05) is 77.5 Å². The highest BCUT2D eigenvalue weighted by Gasteiger charge is 2.39. The van der Waals surface area contributed by atoms with Crippen molar-refractivity contribution in [3.05, 3.63) is 28.7 Å². The number of hydrogen-bond acceptors (Lipinski definition) is 0. The summed E-state index contributed by atoms with van der Waals surface area (Å²) >= 11 is 3.54. The maximum absolute atomic E-state index is 3.54. The summed E-state index contributed by atoms with van der Waals surface area (Å²) in [7, 11) is -0.176. The Kier molecular flexibility index (Phi) is 5.44. The molecular weight excluding hydrogens is 303 g/mol. The minimum absolute atomic E-state index is 0.176. The second-order valence-electron chi connectivity index (χ2n) is 6.14. The molecule has 0 fully saturated rings. The summed E-state index contributed by atoms with van der Waals surface area (Å²) in [6, 6.07) is 8.99. The first-order valence-electron chi connectivity index (χ1n) is 6.80. The molecule has 0 atom stereocenters. The normalized spacial score (nSPS) is 13.1. The van der Waals surface area contributed by atoms with E-state index in [0.717, 1.165) is 0 Å². The molecule has 0 spiro atoms. The average molecular weight is 329 g/mol. The molecule has 0 saturated carbocycles. The van der Waals surface area contributed by atoms with Crippen molar-refractivity contribution in [2.75, 3.05) is 0 Å². The van der Waals surface area contributed by atoms with Crippen molar-refractivity contribution in [3.63, 3.8) is 0 Å². The van der Waals surface area contributed by atoms with Crippen molar-refractivity contribution in [2.45, 2.75) is 64.7 Å². The van der Waals surface area contributed by atoms with Crippen LogP contribution in [0.3, 0.4) is 0 Å². The molecule has 0 bridgehead atoms. The summed E-state index contributed by atoms with van der Waals surface area (Å²) < 4.78 is 1.17. The van der Waals surface area contributed by atoms with Crippen LogP contribution in [0.15, 0.2) is 28.7 Å². The molecule has 0 saturated heterocycles. The first-order valence-corrected chi connectivity index (χ1v) is 8.94. The van der Waals surface area contributed by atoms with Gasteiger partial charge in [0.2, 0.25) is 0 Å². The Balaban J connectivity index is 3.25. The molecule has 2 heteroatoms. The SMILES string of the molecule is CCC(C)(C)P(c1ccc(Br)cc1)C(C)(C)CC. The van der Waals surface area contributed by atoms with Crippen LogP contribution in [0.2, 0.25) is 0 Å². The van der Waals surface area contributed by atoms with Crippen LogP contribution in [-0.2, 0) is 0 Å². The van der Waals surface area contributed by atoms with Crippen molar-refractivity contribution in [1.82, 2.24) is 0 Å². The van der Waals surface area contributed by atoms with E-state index in [-0.39, 0.29) is 7.92 Å². The Labute approximate surface area is 122 Å². The smallest absolute Gasteiger partial charge is 0.0175 e. The van der Waals surface area contributed by atoms with Gasteiger partial charge in [-0.25, -0.2) is 0 Å². The van der Waals surface area contributed by atoms with Gasteiger partial charge in [-0.05, 0) is 40.6 Å². The van der Waals surface area contributed by atoms with E-state index in [9.17, 15) is 0 Å². The van der Waals surface area contributed by atoms with Crippen molar-refractivity contribution in [2.24, 2.45) is 0 Å². The summed E-state index contributed by atoms with van der Waals surface area (Å²) in [5.41, 5.74) is 0. The lowest BCUT2D eigenvalue weighted by Crippen LogP contribution is -2.34. The Morgan fingerprint density at radius 3 is 1.61 bits per heavy atom. The van der Waals surface area contributed by atoms with Gasteiger partial charge in [0, 0.05) is 4.47 Å². The van der Waals surface area contributed by atoms with Crippen molar-refractivity contribution in [3.8, 4) is 0 Å². The van der Waals surface area contributed by atoms with Gasteiger partial charge in [-0.3, -0.25) is 0 Å². The molecular formula is C16H26BrP. The molecule has 0 aliphatic carbocycles. The summed E-state index contributed by atoms with van der Waals surface area (Å²) in [6.45, 7) is 14.4. The molecule has 0 aliphatic heterocycles. The highest BCUT2D eigenvalue weighted by molar-refractivity contribution is 9.10. The molecule has 0 amide bonds. The third-order valence-electron chi connectivity index (χ3n) is 4.03. The molecule has 1 aromatic carbocycles. The third-order valence-corrected chi connectivity index (χ3v) is 8.42. The van der Waals surface area contributed by atoms with E-state index >= 15 is 0 Å². The van der Waals surface area contributed by atoms with Crippen LogP contribution in [0.5, 0.6) is 0 Å². The zero-order valence-corrected chi connectivity index (χ0v) is 15.0. The second-order valence-corrected chi connectivity index (χ2v) is 10.7. The lowest BCUT2D eigenvalue weighted by atomic mass is 10.1. The maximum atomic E-state index is 3.54. The minimum atomic E-state index is -0.176. The largest absolute Gasteiger partial charge is 0.0645 e. The average Bonchev–Trinajstić information content (AvgIpc) is 2.31. The van der Waals surface area contributed by atoms with Crippen LogP contribution in [0.1, 0.15) is 54.4 Å². The number of hydrogen-bond donors (Lipinski definition) is 0. The molecule has 0 aromatic heterocycles. The van der Waals surface area contributed by atoms with Crippen molar-refractivity contribution < 1.29 is 0 Å². The van der Waals surface area contributed by atoms with E-state index in [4.69, 9.17) is 0 Å². The van der Waals surface area contributed by atoms with E-state index in [2.05, 4.69) is 81.7 Å². The highest BCUT2D eigenvalue weighted by atomic mass is 79.9. The van der Waals surface area contributed by atoms with Crippen LogP contribution in [-0.4, -0.2) is 10.3 Å². The predicted molar refractivity (Wildman–Crippen MR) is 89.4 cm³/mol. The topological polar surface area (TPSA) is 0 Å². The van der Waals surface area contributed by atoms with Crippen LogP contribution in [0, 0.1) is 0 Å². The van der Waals surface area contributed by atoms with Gasteiger partial charge in [-0.15, -0.1) is 0 Å². The predicted octanol–water partition coefficient (Wildman–Crippen LogP) is 5.93. The first kappa shape index (κ1) is 16.2. The van der Waals surface area contributed by atoms with E-state index in [0.29, 0.717) is 10.3 Å². The van der Waals surface area contributed by atoms with Crippen LogP contribution >= 0.6 is 23.9 Å². The Hall–Kier alpha value is 0.130. The summed E-state index contributed by atoms with van der Waals surface area (Å²) in [5.74, 6) is 0. The first-order chi connectivity index (χ1) is 8.24. The van der Waals surface area contributed by atoms with Gasteiger partial charge in [0.15, 0.2) is 0 Å². The van der Waals surface area contributed by atoms with Crippen molar-refractivity contribution in [1.29, 1.82) is 0 Å². The van der Waals surface area contributed by atoms with Gasteiger partial charge in [0.05, 0.1) is 0 Å². The highest BCUT2D eigenvalue weighted by Crippen LogP contribution is 2.60. The molecule has 0 unspecified atom stereocenters. The summed E-state index contributed by atoms with van der Waals surface area (Å²) in [4.78, 5) is 0. The third kappa shape index (κ3) is 3.58. The quantitative estimate of drug-likeness (QED) is 0.587. The Morgan fingerprint density at radius 1 is 0.889 bits per heavy atom. The van der Waals surface area contributed by atoms with Gasteiger partial charge in [-0.2, -0.15) is 0 Å². The standard InChI is InChI=1S/C16H26BrP/c1-7-15(3,4)18(16(5,6)8-2)14-11-9-13(17)10-12-14/h9-12H,7-8H2,1-6H3. The zero-order chi connectivity index (χ0) is 14.0. The second kappa shape index (κ2) is 6.06. The summed E-state index contributed by atoms with van der Waals surface area (Å²) in [5, 5.41) is 2.32. The molecule has 0 radical (unpaired) electrons. The fourth-order valence-electron chi connectivity index (χ4n) is 2.42. The van der Waals surface area contributed by atoms with Crippen LogP contribution in [0.4, 0.5) is 0 Å².